The Balaban J connectivity index is 2.35. The molecule has 1 N–H and O–H groups in total. The van der Waals surface area contributed by atoms with Crippen LogP contribution in [0.25, 0.3) is 0 Å². The first-order valence-corrected chi connectivity index (χ1v) is 8.53. The van der Waals surface area contributed by atoms with Crippen molar-refractivity contribution >= 4 is 48.9 Å². The van der Waals surface area contributed by atoms with Crippen LogP contribution >= 0.6 is 38.9 Å². The third-order valence-corrected chi connectivity index (χ3v) is 7.56. The molecule has 4 nitrogen and oxygen atoms in total. The SMILES string of the molecule is C[C@H]1CNCCN1S(=O)(=O)c1cc(Cl)c(Br)s1. The van der Waals surface area contributed by atoms with E-state index in [1.165, 1.54) is 10.4 Å². The number of halogens is 2. The molecule has 8 heteroatoms. The molecular formula is C9H12BrClN2O2S2. The Morgan fingerprint density at radius 2 is 2.35 bits per heavy atom. The maximum Gasteiger partial charge on any atom is 0.252 e. The van der Waals surface area contributed by atoms with Crippen LogP contribution in [0.2, 0.25) is 5.02 Å². The molecule has 0 bridgehead atoms. The smallest absolute Gasteiger partial charge is 0.252 e. The van der Waals surface area contributed by atoms with E-state index >= 15 is 0 Å². The molecule has 0 amide bonds. The van der Waals surface area contributed by atoms with Crippen molar-refractivity contribution in [1.29, 1.82) is 0 Å². The summed E-state index contributed by atoms with van der Waals surface area (Å²) >= 11 is 10.3. The van der Waals surface area contributed by atoms with Crippen LogP contribution < -0.4 is 5.32 Å². The van der Waals surface area contributed by atoms with E-state index in [0.717, 1.165) is 11.3 Å². The standard InChI is InChI=1S/C9H12BrClN2O2S2/c1-6-5-12-2-3-13(6)17(14,15)8-4-7(11)9(10)16-8/h4,6,12H,2-3,5H2,1H3/t6-/m0/s1. The Hall–Kier alpha value is 0.340. The molecule has 1 aliphatic rings. The Morgan fingerprint density at radius 1 is 1.65 bits per heavy atom. The minimum atomic E-state index is -3.42. The van der Waals surface area contributed by atoms with Gasteiger partial charge in [-0.05, 0) is 28.9 Å². The van der Waals surface area contributed by atoms with Crippen molar-refractivity contribution in [2.24, 2.45) is 0 Å². The van der Waals surface area contributed by atoms with Crippen LogP contribution in [0.15, 0.2) is 14.1 Å². The third-order valence-electron chi connectivity index (χ3n) is 2.63. The van der Waals surface area contributed by atoms with Gasteiger partial charge in [0.2, 0.25) is 0 Å². The molecule has 1 aromatic rings. The van der Waals surface area contributed by atoms with Crippen LogP contribution in [0, 0.1) is 0 Å². The van der Waals surface area contributed by atoms with E-state index in [9.17, 15) is 8.42 Å². The zero-order valence-corrected chi connectivity index (χ0v) is 13.1. The fourth-order valence-corrected chi connectivity index (χ4v) is 5.91. The van der Waals surface area contributed by atoms with Gasteiger partial charge in [0, 0.05) is 25.7 Å². The fourth-order valence-electron chi connectivity index (χ4n) is 1.75. The van der Waals surface area contributed by atoms with Gasteiger partial charge in [-0.1, -0.05) is 11.6 Å². The van der Waals surface area contributed by atoms with Crippen LogP contribution in [-0.2, 0) is 10.0 Å². The summed E-state index contributed by atoms with van der Waals surface area (Å²) in [5.74, 6) is 0. The normalized spacial score (nSPS) is 22.9. The topological polar surface area (TPSA) is 49.4 Å². The van der Waals surface area contributed by atoms with Gasteiger partial charge in [-0.25, -0.2) is 8.42 Å². The molecule has 0 aliphatic carbocycles. The molecule has 0 spiro atoms. The monoisotopic (exact) mass is 358 g/mol. The first-order valence-electron chi connectivity index (χ1n) is 5.10. The Kier molecular flexibility index (Phi) is 4.16. The largest absolute Gasteiger partial charge is 0.314 e. The predicted octanol–water partition coefficient (Wildman–Crippen LogP) is 2.15. The first kappa shape index (κ1) is 13.8. The van der Waals surface area contributed by atoms with Crippen molar-refractivity contribution in [3.63, 3.8) is 0 Å². The highest BCUT2D eigenvalue weighted by atomic mass is 79.9. The van der Waals surface area contributed by atoms with Crippen molar-refractivity contribution < 1.29 is 8.42 Å². The molecule has 1 saturated heterocycles. The van der Waals surface area contributed by atoms with Gasteiger partial charge >= 0.3 is 0 Å². The molecule has 1 atom stereocenters. The van der Waals surface area contributed by atoms with E-state index < -0.39 is 10.0 Å². The van der Waals surface area contributed by atoms with Gasteiger partial charge in [0.05, 0.1) is 8.81 Å². The number of rotatable bonds is 2. The van der Waals surface area contributed by atoms with Crippen LogP contribution in [0.4, 0.5) is 0 Å². The van der Waals surface area contributed by atoms with Crippen LogP contribution in [0.3, 0.4) is 0 Å². The Bertz CT molecular complexity index is 498. The van der Waals surface area contributed by atoms with Crippen molar-refractivity contribution in [2.45, 2.75) is 17.2 Å². The Morgan fingerprint density at radius 3 is 2.88 bits per heavy atom. The van der Waals surface area contributed by atoms with E-state index in [1.54, 1.807) is 0 Å². The number of sulfonamides is 1. The molecule has 17 heavy (non-hydrogen) atoms. The summed E-state index contributed by atoms with van der Waals surface area (Å²) in [6.45, 7) is 3.76. The lowest BCUT2D eigenvalue weighted by molar-refractivity contribution is 0.284. The summed E-state index contributed by atoms with van der Waals surface area (Å²) in [7, 11) is -3.42. The predicted molar refractivity (Wildman–Crippen MR) is 73.3 cm³/mol. The van der Waals surface area contributed by atoms with Gasteiger partial charge in [-0.2, -0.15) is 4.31 Å². The van der Waals surface area contributed by atoms with E-state index in [-0.39, 0.29) is 6.04 Å². The second-order valence-corrected chi connectivity index (χ2v) is 8.75. The average Bonchev–Trinajstić information content (AvgIpc) is 2.60. The van der Waals surface area contributed by atoms with Gasteiger partial charge in [0.25, 0.3) is 10.0 Å². The highest BCUT2D eigenvalue weighted by Gasteiger charge is 2.32. The average molecular weight is 360 g/mol. The molecule has 2 rings (SSSR count). The number of hydrogen-bond acceptors (Lipinski definition) is 4. The summed E-state index contributed by atoms with van der Waals surface area (Å²) in [6.07, 6.45) is 0. The molecular weight excluding hydrogens is 348 g/mol. The van der Waals surface area contributed by atoms with Gasteiger partial charge in [0.15, 0.2) is 0 Å². The summed E-state index contributed by atoms with van der Waals surface area (Å²) in [4.78, 5) is 0. The number of thiophene rings is 1. The zero-order valence-electron chi connectivity index (χ0n) is 9.11. The van der Waals surface area contributed by atoms with E-state index in [0.29, 0.717) is 32.7 Å². The molecule has 0 aromatic carbocycles. The molecule has 0 radical (unpaired) electrons. The van der Waals surface area contributed by atoms with Gasteiger partial charge in [-0.15, -0.1) is 11.3 Å². The molecule has 1 aromatic heterocycles. The maximum atomic E-state index is 12.4. The first-order chi connectivity index (χ1) is 7.93. The van der Waals surface area contributed by atoms with Crippen LogP contribution in [-0.4, -0.2) is 38.4 Å². The molecule has 0 saturated carbocycles. The van der Waals surface area contributed by atoms with Gasteiger partial charge < -0.3 is 5.32 Å². The second-order valence-electron chi connectivity index (χ2n) is 3.86. The lowest BCUT2D eigenvalue weighted by Crippen LogP contribution is -2.51. The van der Waals surface area contributed by atoms with E-state index in [2.05, 4.69) is 21.2 Å². The fraction of sp³-hybridized carbons (Fsp3) is 0.556. The van der Waals surface area contributed by atoms with Crippen molar-refractivity contribution in [3.05, 3.63) is 14.9 Å². The minimum Gasteiger partial charge on any atom is -0.314 e. The quantitative estimate of drug-likeness (QED) is 0.880. The van der Waals surface area contributed by atoms with Gasteiger partial charge in [0.1, 0.15) is 4.21 Å². The number of piperazine rings is 1. The highest BCUT2D eigenvalue weighted by molar-refractivity contribution is 9.11. The van der Waals surface area contributed by atoms with Gasteiger partial charge in [-0.3, -0.25) is 0 Å². The maximum absolute atomic E-state index is 12.4. The molecule has 1 aliphatic heterocycles. The molecule has 2 heterocycles. The molecule has 0 unspecified atom stereocenters. The summed E-state index contributed by atoms with van der Waals surface area (Å²) in [6, 6.07) is 1.47. The van der Waals surface area contributed by atoms with Crippen molar-refractivity contribution in [2.75, 3.05) is 19.6 Å². The zero-order chi connectivity index (χ0) is 12.6. The minimum absolute atomic E-state index is 0.0339. The lowest BCUT2D eigenvalue weighted by atomic mass is 10.3. The molecule has 96 valence electrons. The summed E-state index contributed by atoms with van der Waals surface area (Å²) < 4.78 is 27.3. The van der Waals surface area contributed by atoms with Crippen molar-refractivity contribution in [1.82, 2.24) is 9.62 Å². The number of nitrogens with zero attached hydrogens (tertiary/aromatic N) is 1. The van der Waals surface area contributed by atoms with Crippen LogP contribution in [0.5, 0.6) is 0 Å². The van der Waals surface area contributed by atoms with Crippen LogP contribution in [0.1, 0.15) is 6.92 Å². The molecule has 1 fully saturated rings. The number of nitrogens with one attached hydrogen (secondary N) is 1. The number of hydrogen-bond donors (Lipinski definition) is 1. The second kappa shape index (κ2) is 5.14. The highest BCUT2D eigenvalue weighted by Crippen LogP contribution is 2.36. The van der Waals surface area contributed by atoms with E-state index in [1.807, 2.05) is 6.92 Å². The summed E-state index contributed by atoms with van der Waals surface area (Å²) in [5.41, 5.74) is 0. The lowest BCUT2D eigenvalue weighted by Gasteiger charge is -2.32. The third kappa shape index (κ3) is 2.69. The Labute approximate surface area is 118 Å². The summed E-state index contributed by atoms with van der Waals surface area (Å²) in [5, 5.41) is 3.61. The van der Waals surface area contributed by atoms with E-state index in [4.69, 9.17) is 11.6 Å². The van der Waals surface area contributed by atoms with Crippen molar-refractivity contribution in [3.8, 4) is 0 Å².